The maximum absolute atomic E-state index is 12.7. The Kier molecular flexibility index (Phi) is 5.26. The van der Waals surface area contributed by atoms with Crippen molar-refractivity contribution >= 4 is 28.5 Å². The molecule has 0 aliphatic carbocycles. The van der Waals surface area contributed by atoms with E-state index in [1.165, 1.54) is 24.3 Å². The van der Waals surface area contributed by atoms with E-state index in [0.29, 0.717) is 32.0 Å². The van der Waals surface area contributed by atoms with E-state index in [9.17, 15) is 27.6 Å². The summed E-state index contributed by atoms with van der Waals surface area (Å²) < 4.78 is 42.9. The first-order valence-corrected chi connectivity index (χ1v) is 8.56. The van der Waals surface area contributed by atoms with Crippen LogP contribution >= 0.6 is 0 Å². The van der Waals surface area contributed by atoms with E-state index >= 15 is 0 Å². The lowest BCUT2D eigenvalue weighted by molar-refractivity contribution is -0.152. The van der Waals surface area contributed by atoms with Gasteiger partial charge in [-0.2, -0.15) is 13.2 Å². The maximum Gasteiger partial charge on any atom is 0.449 e. The lowest BCUT2D eigenvalue weighted by Crippen LogP contribution is -2.40. The van der Waals surface area contributed by atoms with Crippen molar-refractivity contribution in [3.05, 3.63) is 52.9 Å². The summed E-state index contributed by atoms with van der Waals surface area (Å²) in [4.78, 5) is 37.6. The quantitative estimate of drug-likeness (QED) is 0.811. The van der Waals surface area contributed by atoms with Gasteiger partial charge in [0, 0.05) is 30.8 Å². The summed E-state index contributed by atoms with van der Waals surface area (Å²) in [6, 6.07) is 4.27. The van der Waals surface area contributed by atoms with Crippen LogP contribution in [-0.2, 0) is 15.8 Å². The molecule has 3 rings (SSSR count). The molecule has 1 aliphatic rings. The molecule has 6 nitrogen and oxygen atoms in total. The van der Waals surface area contributed by atoms with Crippen LogP contribution in [-0.4, -0.2) is 29.8 Å². The van der Waals surface area contributed by atoms with Gasteiger partial charge in [-0.1, -0.05) is 6.58 Å². The van der Waals surface area contributed by atoms with Crippen molar-refractivity contribution in [3.63, 3.8) is 0 Å². The molecule has 2 heterocycles. The molecule has 1 N–H and O–H groups in total. The Bertz CT molecular complexity index is 989. The summed E-state index contributed by atoms with van der Waals surface area (Å²) in [5.41, 5.74) is -0.774. The first kappa shape index (κ1) is 19.7. The molecule has 0 unspecified atom stereocenters. The first-order chi connectivity index (χ1) is 13.2. The zero-order valence-corrected chi connectivity index (χ0v) is 14.7. The minimum atomic E-state index is -4.76. The van der Waals surface area contributed by atoms with Gasteiger partial charge in [-0.25, -0.2) is 0 Å². The molecule has 148 valence electrons. The monoisotopic (exact) mass is 394 g/mol. The van der Waals surface area contributed by atoms with Crippen LogP contribution < -0.4 is 10.7 Å². The highest BCUT2D eigenvalue weighted by molar-refractivity contribution is 5.95. The number of piperidine rings is 1. The Balaban J connectivity index is 1.73. The van der Waals surface area contributed by atoms with Gasteiger partial charge in [0.25, 0.3) is 0 Å². The number of nitrogens with zero attached hydrogens (tertiary/aromatic N) is 1. The molecule has 2 aromatic rings. The van der Waals surface area contributed by atoms with Crippen LogP contribution in [0.2, 0.25) is 0 Å². The summed E-state index contributed by atoms with van der Waals surface area (Å²) in [5.74, 6) is -2.14. The fourth-order valence-electron chi connectivity index (χ4n) is 3.11. The number of fused-ring (bicyclic) bond motifs is 1. The number of carbonyl (C=O) groups is 2. The highest BCUT2D eigenvalue weighted by Crippen LogP contribution is 2.30. The van der Waals surface area contributed by atoms with Crippen molar-refractivity contribution in [2.75, 3.05) is 18.4 Å². The maximum atomic E-state index is 12.7. The standard InChI is InChI=1S/C19H17F3N2O4/c1-2-17(26)24-7-5-11(6-8-24)18(27)23-12-3-4-15-13(9-12)14(25)10-16(28-15)19(20,21)22/h2-4,9-11H,1,5-8H2,(H,23,27). The van der Waals surface area contributed by atoms with Crippen LogP contribution in [0.15, 0.2) is 46.1 Å². The average Bonchev–Trinajstić information content (AvgIpc) is 2.67. The Morgan fingerprint density at radius 3 is 2.50 bits per heavy atom. The molecule has 0 saturated carbocycles. The molecule has 0 spiro atoms. The van der Waals surface area contributed by atoms with Gasteiger partial charge >= 0.3 is 6.18 Å². The summed E-state index contributed by atoms with van der Waals surface area (Å²) in [6.45, 7) is 4.30. The van der Waals surface area contributed by atoms with Gasteiger partial charge in [0.05, 0.1) is 5.39 Å². The van der Waals surface area contributed by atoms with E-state index < -0.39 is 17.4 Å². The van der Waals surface area contributed by atoms with Crippen LogP contribution in [0.25, 0.3) is 11.0 Å². The minimum absolute atomic E-state index is 0.0581. The number of likely N-dealkylation sites (tertiary alicyclic amines) is 1. The number of anilines is 1. The Labute approximate surface area is 157 Å². The third-order valence-corrected chi connectivity index (χ3v) is 4.63. The van der Waals surface area contributed by atoms with E-state index in [2.05, 4.69) is 11.9 Å². The fourth-order valence-corrected chi connectivity index (χ4v) is 3.11. The van der Waals surface area contributed by atoms with Gasteiger partial charge < -0.3 is 14.6 Å². The average molecular weight is 394 g/mol. The zero-order valence-electron chi connectivity index (χ0n) is 14.7. The van der Waals surface area contributed by atoms with Crippen LogP contribution in [0, 0.1) is 5.92 Å². The third-order valence-electron chi connectivity index (χ3n) is 4.63. The molecule has 1 fully saturated rings. The molecular weight excluding hydrogens is 377 g/mol. The second-order valence-corrected chi connectivity index (χ2v) is 6.48. The second kappa shape index (κ2) is 7.49. The number of hydrogen-bond acceptors (Lipinski definition) is 4. The number of nitrogens with one attached hydrogen (secondary N) is 1. The van der Waals surface area contributed by atoms with E-state index in [1.807, 2.05) is 0 Å². The number of carbonyl (C=O) groups excluding carboxylic acids is 2. The van der Waals surface area contributed by atoms with Crippen molar-refractivity contribution in [2.45, 2.75) is 19.0 Å². The SMILES string of the molecule is C=CC(=O)N1CCC(C(=O)Nc2ccc3oc(C(F)(F)F)cc(=O)c3c2)CC1. The van der Waals surface area contributed by atoms with Crippen molar-refractivity contribution < 1.29 is 27.2 Å². The van der Waals surface area contributed by atoms with Gasteiger partial charge in [0.1, 0.15) is 5.58 Å². The molecule has 0 radical (unpaired) electrons. The molecular formula is C19H17F3N2O4. The number of hydrogen-bond donors (Lipinski definition) is 1. The summed E-state index contributed by atoms with van der Waals surface area (Å²) in [5, 5.41) is 2.61. The van der Waals surface area contributed by atoms with Gasteiger partial charge in [-0.05, 0) is 37.1 Å². The Hall–Kier alpha value is -3.10. The van der Waals surface area contributed by atoms with Crippen molar-refractivity contribution in [1.29, 1.82) is 0 Å². The number of halogens is 3. The zero-order chi connectivity index (χ0) is 20.5. The van der Waals surface area contributed by atoms with E-state index in [-0.39, 0.29) is 34.4 Å². The molecule has 2 amide bonds. The first-order valence-electron chi connectivity index (χ1n) is 8.56. The van der Waals surface area contributed by atoms with Crippen LogP contribution in [0.4, 0.5) is 18.9 Å². The van der Waals surface area contributed by atoms with Crippen LogP contribution in [0.5, 0.6) is 0 Å². The van der Waals surface area contributed by atoms with Gasteiger partial charge in [-0.15, -0.1) is 0 Å². The van der Waals surface area contributed by atoms with Crippen LogP contribution in [0.3, 0.4) is 0 Å². The van der Waals surface area contributed by atoms with Crippen LogP contribution in [0.1, 0.15) is 18.6 Å². The minimum Gasteiger partial charge on any atom is -0.451 e. The molecule has 0 bridgehead atoms. The largest absolute Gasteiger partial charge is 0.451 e. The highest BCUT2D eigenvalue weighted by Gasteiger charge is 2.35. The van der Waals surface area contributed by atoms with Crippen molar-refractivity contribution in [1.82, 2.24) is 4.90 Å². The number of alkyl halides is 3. The lowest BCUT2D eigenvalue weighted by Gasteiger charge is -2.30. The van der Waals surface area contributed by atoms with E-state index in [4.69, 9.17) is 4.42 Å². The molecule has 9 heteroatoms. The summed E-state index contributed by atoms with van der Waals surface area (Å²) in [6.07, 6.45) is -2.57. The molecule has 28 heavy (non-hydrogen) atoms. The summed E-state index contributed by atoms with van der Waals surface area (Å²) >= 11 is 0. The number of amides is 2. The molecule has 1 saturated heterocycles. The smallest absolute Gasteiger partial charge is 0.449 e. The summed E-state index contributed by atoms with van der Waals surface area (Å²) in [7, 11) is 0. The normalized spacial score (nSPS) is 15.5. The predicted octanol–water partition coefficient (Wildman–Crippen LogP) is 3.17. The van der Waals surface area contributed by atoms with E-state index in [1.54, 1.807) is 4.90 Å². The molecule has 1 aromatic heterocycles. The van der Waals surface area contributed by atoms with Gasteiger partial charge in [0.15, 0.2) is 5.43 Å². The van der Waals surface area contributed by atoms with Crippen molar-refractivity contribution in [3.8, 4) is 0 Å². The van der Waals surface area contributed by atoms with Crippen molar-refractivity contribution in [2.24, 2.45) is 5.92 Å². The number of benzene rings is 1. The highest BCUT2D eigenvalue weighted by atomic mass is 19.4. The van der Waals surface area contributed by atoms with Gasteiger partial charge in [-0.3, -0.25) is 14.4 Å². The molecule has 0 atom stereocenters. The molecule has 1 aromatic carbocycles. The lowest BCUT2D eigenvalue weighted by atomic mass is 9.95. The molecule has 1 aliphatic heterocycles. The predicted molar refractivity (Wildman–Crippen MR) is 95.6 cm³/mol. The third kappa shape index (κ3) is 4.08. The fraction of sp³-hybridized carbons (Fsp3) is 0.316. The van der Waals surface area contributed by atoms with Gasteiger partial charge in [0.2, 0.25) is 17.6 Å². The Morgan fingerprint density at radius 2 is 1.89 bits per heavy atom. The topological polar surface area (TPSA) is 79.6 Å². The second-order valence-electron chi connectivity index (χ2n) is 6.48. The van der Waals surface area contributed by atoms with E-state index in [0.717, 1.165) is 0 Å². The Morgan fingerprint density at radius 1 is 1.21 bits per heavy atom. The number of rotatable bonds is 3.